The lowest BCUT2D eigenvalue weighted by molar-refractivity contribution is -0.126. The van der Waals surface area contributed by atoms with Gasteiger partial charge in [-0.3, -0.25) is 15.2 Å². The summed E-state index contributed by atoms with van der Waals surface area (Å²) in [6.07, 6.45) is 1.91. The van der Waals surface area contributed by atoms with Crippen molar-refractivity contribution in [3.8, 4) is 11.6 Å². The molecule has 1 amide bonds. The third-order valence-electron chi connectivity index (χ3n) is 2.91. The molecule has 2 aromatic heterocycles. The van der Waals surface area contributed by atoms with E-state index in [1.807, 2.05) is 0 Å². The van der Waals surface area contributed by atoms with Crippen LogP contribution in [0, 0.1) is 5.92 Å². The summed E-state index contributed by atoms with van der Waals surface area (Å²) in [5.41, 5.74) is 0. The molecule has 0 aliphatic carbocycles. The summed E-state index contributed by atoms with van der Waals surface area (Å²) in [7, 11) is 0. The van der Waals surface area contributed by atoms with Crippen LogP contribution in [0.25, 0.3) is 11.6 Å². The Balaban J connectivity index is 1.85. The standard InChI is InChI=1S/C14H20N4O3/c1-9(2)6-8-20-10(3)13(19)16-14-15-12(17-18-14)11-5-4-7-21-11/h4-5,7,9-10H,6,8H2,1-3H3,(H2,15,16,17,18,19). The molecule has 2 heterocycles. The van der Waals surface area contributed by atoms with Crippen LogP contribution in [0.4, 0.5) is 5.95 Å². The Morgan fingerprint density at radius 1 is 1.48 bits per heavy atom. The van der Waals surface area contributed by atoms with Gasteiger partial charge < -0.3 is 9.15 Å². The van der Waals surface area contributed by atoms with Crippen molar-refractivity contribution in [2.45, 2.75) is 33.3 Å². The summed E-state index contributed by atoms with van der Waals surface area (Å²) in [6.45, 7) is 6.48. The first-order valence-corrected chi connectivity index (χ1v) is 6.95. The molecule has 0 saturated carbocycles. The number of nitrogens with zero attached hydrogens (tertiary/aromatic N) is 2. The largest absolute Gasteiger partial charge is 0.461 e. The van der Waals surface area contributed by atoms with Gasteiger partial charge in [0, 0.05) is 6.61 Å². The van der Waals surface area contributed by atoms with Gasteiger partial charge in [0.05, 0.1) is 6.26 Å². The number of aromatic amines is 1. The normalized spacial score (nSPS) is 12.6. The van der Waals surface area contributed by atoms with Crippen LogP contribution in [0.5, 0.6) is 0 Å². The van der Waals surface area contributed by atoms with Crippen molar-refractivity contribution in [2.24, 2.45) is 5.92 Å². The van der Waals surface area contributed by atoms with Gasteiger partial charge in [-0.2, -0.15) is 4.98 Å². The summed E-state index contributed by atoms with van der Waals surface area (Å²) >= 11 is 0. The molecule has 1 atom stereocenters. The third kappa shape index (κ3) is 4.42. The average Bonchev–Trinajstić information content (AvgIpc) is 3.07. The highest BCUT2D eigenvalue weighted by Crippen LogP contribution is 2.15. The second-order valence-corrected chi connectivity index (χ2v) is 5.17. The number of carbonyl (C=O) groups is 1. The van der Waals surface area contributed by atoms with Crippen molar-refractivity contribution in [1.29, 1.82) is 0 Å². The van der Waals surface area contributed by atoms with Crippen molar-refractivity contribution in [3.63, 3.8) is 0 Å². The van der Waals surface area contributed by atoms with E-state index in [1.54, 1.807) is 25.3 Å². The summed E-state index contributed by atoms with van der Waals surface area (Å²) in [5, 5.41) is 9.22. The lowest BCUT2D eigenvalue weighted by Crippen LogP contribution is -2.28. The van der Waals surface area contributed by atoms with Gasteiger partial charge >= 0.3 is 0 Å². The lowest BCUT2D eigenvalue weighted by Gasteiger charge is -2.12. The lowest BCUT2D eigenvalue weighted by atomic mass is 10.1. The van der Waals surface area contributed by atoms with E-state index in [2.05, 4.69) is 34.3 Å². The van der Waals surface area contributed by atoms with E-state index >= 15 is 0 Å². The maximum absolute atomic E-state index is 11.9. The maximum atomic E-state index is 11.9. The topological polar surface area (TPSA) is 93.0 Å². The molecule has 2 rings (SSSR count). The Hall–Kier alpha value is -2.15. The van der Waals surface area contributed by atoms with Crippen LogP contribution in [0.2, 0.25) is 0 Å². The smallest absolute Gasteiger partial charge is 0.255 e. The number of anilines is 1. The number of aromatic nitrogens is 3. The van der Waals surface area contributed by atoms with Crippen LogP contribution in [0.15, 0.2) is 22.8 Å². The molecular formula is C14H20N4O3. The first-order chi connectivity index (χ1) is 10.1. The van der Waals surface area contributed by atoms with Gasteiger partial charge in [0.1, 0.15) is 6.10 Å². The number of amides is 1. The van der Waals surface area contributed by atoms with E-state index in [9.17, 15) is 4.79 Å². The van der Waals surface area contributed by atoms with E-state index in [-0.39, 0.29) is 11.9 Å². The minimum absolute atomic E-state index is 0.200. The molecule has 0 aliphatic rings. The first-order valence-electron chi connectivity index (χ1n) is 6.95. The van der Waals surface area contributed by atoms with Gasteiger partial charge in [-0.15, -0.1) is 5.10 Å². The van der Waals surface area contributed by atoms with Crippen molar-refractivity contribution in [3.05, 3.63) is 18.4 Å². The molecule has 2 aromatic rings. The van der Waals surface area contributed by atoms with Gasteiger partial charge in [0.25, 0.3) is 5.91 Å². The SMILES string of the molecule is CC(C)CCOC(C)C(=O)Nc1n[nH]c(-c2ccco2)n1. The molecule has 7 heteroatoms. The highest BCUT2D eigenvalue weighted by molar-refractivity contribution is 5.92. The second kappa shape index (κ2) is 7.03. The van der Waals surface area contributed by atoms with E-state index in [1.165, 1.54) is 0 Å². The quantitative estimate of drug-likeness (QED) is 0.817. The van der Waals surface area contributed by atoms with Gasteiger partial charge in [-0.25, -0.2) is 0 Å². The van der Waals surface area contributed by atoms with Crippen LogP contribution >= 0.6 is 0 Å². The van der Waals surface area contributed by atoms with E-state index in [0.717, 1.165) is 6.42 Å². The Bertz CT molecular complexity index is 563. The van der Waals surface area contributed by atoms with Crippen LogP contribution in [0.3, 0.4) is 0 Å². The minimum Gasteiger partial charge on any atom is -0.461 e. The van der Waals surface area contributed by atoms with E-state index < -0.39 is 6.10 Å². The zero-order valence-electron chi connectivity index (χ0n) is 12.4. The Morgan fingerprint density at radius 3 is 2.95 bits per heavy atom. The molecule has 0 fully saturated rings. The van der Waals surface area contributed by atoms with Gasteiger partial charge in [-0.05, 0) is 31.4 Å². The Morgan fingerprint density at radius 2 is 2.29 bits per heavy atom. The fraction of sp³-hybridized carbons (Fsp3) is 0.500. The van der Waals surface area contributed by atoms with Crippen molar-refractivity contribution in [1.82, 2.24) is 15.2 Å². The number of hydrogen-bond donors (Lipinski definition) is 2. The molecule has 114 valence electrons. The summed E-state index contributed by atoms with van der Waals surface area (Å²) in [5.74, 6) is 1.49. The maximum Gasteiger partial charge on any atom is 0.255 e. The van der Waals surface area contributed by atoms with Crippen LogP contribution in [-0.2, 0) is 9.53 Å². The molecule has 0 aromatic carbocycles. The minimum atomic E-state index is -0.547. The predicted molar refractivity (Wildman–Crippen MR) is 77.6 cm³/mol. The number of H-pyrrole nitrogens is 1. The first kappa shape index (κ1) is 15.2. The second-order valence-electron chi connectivity index (χ2n) is 5.17. The molecule has 0 spiro atoms. The van der Waals surface area contributed by atoms with Crippen LogP contribution in [-0.4, -0.2) is 33.8 Å². The van der Waals surface area contributed by atoms with Gasteiger partial charge in [0.15, 0.2) is 11.6 Å². The number of nitrogens with one attached hydrogen (secondary N) is 2. The highest BCUT2D eigenvalue weighted by atomic mass is 16.5. The Kier molecular flexibility index (Phi) is 5.10. The van der Waals surface area contributed by atoms with Crippen LogP contribution < -0.4 is 5.32 Å². The van der Waals surface area contributed by atoms with Gasteiger partial charge in [-0.1, -0.05) is 13.8 Å². The van der Waals surface area contributed by atoms with Gasteiger partial charge in [0.2, 0.25) is 5.95 Å². The molecule has 2 N–H and O–H groups in total. The average molecular weight is 292 g/mol. The molecule has 0 bridgehead atoms. The molecular weight excluding hydrogens is 272 g/mol. The molecule has 0 aliphatic heterocycles. The van der Waals surface area contributed by atoms with E-state index in [4.69, 9.17) is 9.15 Å². The Labute approximate surface area is 123 Å². The summed E-state index contributed by atoms with van der Waals surface area (Å²) < 4.78 is 10.7. The summed E-state index contributed by atoms with van der Waals surface area (Å²) in [6, 6.07) is 3.50. The molecule has 0 saturated heterocycles. The van der Waals surface area contributed by atoms with Crippen molar-refractivity contribution >= 4 is 11.9 Å². The van der Waals surface area contributed by atoms with Crippen molar-refractivity contribution < 1.29 is 13.9 Å². The van der Waals surface area contributed by atoms with Crippen molar-refractivity contribution in [2.75, 3.05) is 11.9 Å². The third-order valence-corrected chi connectivity index (χ3v) is 2.91. The van der Waals surface area contributed by atoms with E-state index in [0.29, 0.717) is 24.1 Å². The highest BCUT2D eigenvalue weighted by Gasteiger charge is 2.16. The summed E-state index contributed by atoms with van der Waals surface area (Å²) in [4.78, 5) is 16.1. The number of furan rings is 1. The van der Waals surface area contributed by atoms with Crippen LogP contribution in [0.1, 0.15) is 27.2 Å². The number of hydrogen-bond acceptors (Lipinski definition) is 5. The zero-order chi connectivity index (χ0) is 15.2. The molecule has 21 heavy (non-hydrogen) atoms. The predicted octanol–water partition coefficient (Wildman–Crippen LogP) is 2.45. The molecule has 1 unspecified atom stereocenters. The number of rotatable bonds is 7. The fourth-order valence-corrected chi connectivity index (χ4v) is 1.61. The molecule has 7 nitrogen and oxygen atoms in total. The number of carbonyl (C=O) groups excluding carboxylic acids is 1. The fourth-order valence-electron chi connectivity index (χ4n) is 1.61. The molecule has 0 radical (unpaired) electrons. The number of ether oxygens (including phenoxy) is 1. The monoisotopic (exact) mass is 292 g/mol. The zero-order valence-corrected chi connectivity index (χ0v) is 12.4.